The van der Waals surface area contributed by atoms with E-state index in [0.717, 1.165) is 36.6 Å². The number of nitrogens with one attached hydrogen (secondary N) is 2. The normalized spacial score (nSPS) is 13.0. The minimum atomic E-state index is -0.132. The summed E-state index contributed by atoms with van der Waals surface area (Å²) in [5, 5.41) is 6.73. The molecular formula is C15H18N4OS. The van der Waals surface area contributed by atoms with E-state index in [1.807, 2.05) is 13.8 Å². The molecule has 1 aliphatic rings. The van der Waals surface area contributed by atoms with E-state index in [2.05, 4.69) is 20.6 Å². The third-order valence-corrected chi connectivity index (χ3v) is 4.46. The Labute approximate surface area is 127 Å². The molecule has 0 fully saturated rings. The van der Waals surface area contributed by atoms with Gasteiger partial charge in [0.25, 0.3) is 5.91 Å². The van der Waals surface area contributed by atoms with Crippen LogP contribution in [0.15, 0.2) is 12.1 Å². The molecule has 2 N–H and O–H groups in total. The lowest BCUT2D eigenvalue weighted by Crippen LogP contribution is -2.13. The molecule has 0 unspecified atom stereocenters. The van der Waals surface area contributed by atoms with Gasteiger partial charge in [0.05, 0.1) is 5.69 Å². The molecule has 2 aromatic rings. The standard InChI is InChI=1S/C15H18N4OS/c1-3-16-13-8-10(7-9(2)17-13)14(20)19-15-18-11-5-4-6-12(11)21-15/h7-8H,3-6H2,1-2H3,(H,16,17)(H,18,19,20). The fourth-order valence-corrected chi connectivity index (χ4v) is 3.53. The summed E-state index contributed by atoms with van der Waals surface area (Å²) in [5.74, 6) is 0.594. The molecule has 0 saturated heterocycles. The third-order valence-electron chi connectivity index (χ3n) is 3.39. The maximum atomic E-state index is 12.3. The Morgan fingerprint density at radius 1 is 1.33 bits per heavy atom. The Kier molecular flexibility index (Phi) is 3.88. The van der Waals surface area contributed by atoms with E-state index < -0.39 is 0 Å². The van der Waals surface area contributed by atoms with Crippen LogP contribution in [-0.4, -0.2) is 22.4 Å². The van der Waals surface area contributed by atoms with Crippen molar-refractivity contribution in [1.29, 1.82) is 0 Å². The zero-order valence-electron chi connectivity index (χ0n) is 12.2. The number of carbonyl (C=O) groups is 1. The largest absolute Gasteiger partial charge is 0.370 e. The molecule has 0 bridgehead atoms. The minimum Gasteiger partial charge on any atom is -0.370 e. The number of hydrogen-bond donors (Lipinski definition) is 2. The number of hydrogen-bond acceptors (Lipinski definition) is 5. The highest BCUT2D eigenvalue weighted by Crippen LogP contribution is 2.30. The van der Waals surface area contributed by atoms with Crippen LogP contribution in [-0.2, 0) is 12.8 Å². The van der Waals surface area contributed by atoms with E-state index in [9.17, 15) is 4.79 Å². The second kappa shape index (κ2) is 5.81. The molecule has 110 valence electrons. The van der Waals surface area contributed by atoms with Crippen LogP contribution in [0.2, 0.25) is 0 Å². The summed E-state index contributed by atoms with van der Waals surface area (Å²) >= 11 is 1.59. The number of pyridine rings is 1. The van der Waals surface area contributed by atoms with Gasteiger partial charge in [0.2, 0.25) is 0 Å². The van der Waals surface area contributed by atoms with Gasteiger partial charge in [-0.1, -0.05) is 0 Å². The van der Waals surface area contributed by atoms with E-state index in [0.29, 0.717) is 10.7 Å². The number of anilines is 2. The van der Waals surface area contributed by atoms with Gasteiger partial charge in [0, 0.05) is 22.7 Å². The molecule has 21 heavy (non-hydrogen) atoms. The number of rotatable bonds is 4. The zero-order chi connectivity index (χ0) is 14.8. The maximum absolute atomic E-state index is 12.3. The Balaban J connectivity index is 1.78. The number of carbonyl (C=O) groups excluding carboxylic acids is 1. The van der Waals surface area contributed by atoms with E-state index in [1.165, 1.54) is 11.3 Å². The monoisotopic (exact) mass is 302 g/mol. The smallest absolute Gasteiger partial charge is 0.257 e. The lowest BCUT2D eigenvalue weighted by atomic mass is 10.2. The molecule has 3 rings (SSSR count). The highest BCUT2D eigenvalue weighted by Gasteiger charge is 2.18. The SMILES string of the molecule is CCNc1cc(C(=O)Nc2nc3c(s2)CCC3)cc(C)n1. The van der Waals surface area contributed by atoms with Gasteiger partial charge in [-0.05, 0) is 45.2 Å². The average Bonchev–Trinajstić information content (AvgIpc) is 2.99. The van der Waals surface area contributed by atoms with Crippen LogP contribution in [0.3, 0.4) is 0 Å². The van der Waals surface area contributed by atoms with Gasteiger partial charge in [0.1, 0.15) is 5.82 Å². The van der Waals surface area contributed by atoms with Crippen molar-refractivity contribution in [2.24, 2.45) is 0 Å². The predicted molar refractivity (Wildman–Crippen MR) is 85.2 cm³/mol. The first-order valence-electron chi connectivity index (χ1n) is 7.18. The van der Waals surface area contributed by atoms with Crippen molar-refractivity contribution in [2.75, 3.05) is 17.2 Å². The van der Waals surface area contributed by atoms with E-state index in [4.69, 9.17) is 0 Å². The van der Waals surface area contributed by atoms with Gasteiger partial charge in [-0.25, -0.2) is 9.97 Å². The predicted octanol–water partition coefficient (Wildman–Crippen LogP) is 3.02. The van der Waals surface area contributed by atoms with Crippen LogP contribution in [0.5, 0.6) is 0 Å². The van der Waals surface area contributed by atoms with Crippen molar-refractivity contribution >= 4 is 28.2 Å². The highest BCUT2D eigenvalue weighted by molar-refractivity contribution is 7.15. The molecule has 0 aliphatic heterocycles. The number of thiazole rings is 1. The summed E-state index contributed by atoms with van der Waals surface area (Å²) in [6.07, 6.45) is 3.29. The van der Waals surface area contributed by atoms with Gasteiger partial charge in [-0.15, -0.1) is 11.3 Å². The summed E-state index contributed by atoms with van der Waals surface area (Å²) in [6, 6.07) is 3.56. The molecule has 0 radical (unpaired) electrons. The lowest BCUT2D eigenvalue weighted by Gasteiger charge is -2.07. The molecule has 1 aliphatic carbocycles. The van der Waals surface area contributed by atoms with E-state index in [-0.39, 0.29) is 5.91 Å². The molecular weight excluding hydrogens is 284 g/mol. The number of fused-ring (bicyclic) bond motifs is 1. The molecule has 2 aromatic heterocycles. The molecule has 0 saturated carbocycles. The van der Waals surface area contributed by atoms with Gasteiger partial charge in [-0.2, -0.15) is 0 Å². The lowest BCUT2D eigenvalue weighted by molar-refractivity contribution is 0.102. The van der Waals surface area contributed by atoms with Gasteiger partial charge in [-0.3, -0.25) is 10.1 Å². The number of nitrogens with zero attached hydrogens (tertiary/aromatic N) is 2. The molecule has 0 aromatic carbocycles. The van der Waals surface area contributed by atoms with Crippen molar-refractivity contribution in [1.82, 2.24) is 9.97 Å². The molecule has 5 nitrogen and oxygen atoms in total. The summed E-state index contributed by atoms with van der Waals surface area (Å²) in [6.45, 7) is 4.66. The number of amides is 1. The molecule has 1 amide bonds. The Morgan fingerprint density at radius 3 is 2.95 bits per heavy atom. The fourth-order valence-electron chi connectivity index (χ4n) is 2.48. The summed E-state index contributed by atoms with van der Waals surface area (Å²) in [4.78, 5) is 22.5. The summed E-state index contributed by atoms with van der Waals surface area (Å²) in [5.41, 5.74) is 2.57. The van der Waals surface area contributed by atoms with Crippen molar-refractivity contribution in [2.45, 2.75) is 33.1 Å². The van der Waals surface area contributed by atoms with Crippen LogP contribution in [0.25, 0.3) is 0 Å². The number of aromatic nitrogens is 2. The first-order valence-corrected chi connectivity index (χ1v) is 8.00. The average molecular weight is 302 g/mol. The topological polar surface area (TPSA) is 66.9 Å². The Hall–Kier alpha value is -1.95. The zero-order valence-corrected chi connectivity index (χ0v) is 13.0. The van der Waals surface area contributed by atoms with Crippen LogP contribution >= 0.6 is 11.3 Å². The molecule has 2 heterocycles. The first-order chi connectivity index (χ1) is 10.2. The Bertz CT molecular complexity index is 659. The molecule has 0 spiro atoms. The highest BCUT2D eigenvalue weighted by atomic mass is 32.1. The van der Waals surface area contributed by atoms with Gasteiger partial charge < -0.3 is 5.32 Å². The summed E-state index contributed by atoms with van der Waals surface area (Å²) in [7, 11) is 0. The minimum absolute atomic E-state index is 0.132. The fraction of sp³-hybridized carbons (Fsp3) is 0.400. The Morgan fingerprint density at radius 2 is 2.19 bits per heavy atom. The van der Waals surface area contributed by atoms with Crippen LogP contribution in [0.1, 0.15) is 40.0 Å². The van der Waals surface area contributed by atoms with Crippen molar-refractivity contribution in [3.05, 3.63) is 34.0 Å². The van der Waals surface area contributed by atoms with E-state index in [1.54, 1.807) is 23.5 Å². The van der Waals surface area contributed by atoms with Crippen molar-refractivity contribution < 1.29 is 4.79 Å². The maximum Gasteiger partial charge on any atom is 0.257 e. The first kappa shape index (κ1) is 14.0. The van der Waals surface area contributed by atoms with Crippen LogP contribution in [0.4, 0.5) is 10.9 Å². The quantitative estimate of drug-likeness (QED) is 0.911. The molecule has 0 atom stereocenters. The molecule has 6 heteroatoms. The van der Waals surface area contributed by atoms with Crippen molar-refractivity contribution in [3.8, 4) is 0 Å². The second-order valence-corrected chi connectivity index (χ2v) is 6.19. The van der Waals surface area contributed by atoms with Crippen LogP contribution < -0.4 is 10.6 Å². The number of aryl methyl sites for hydroxylation is 3. The summed E-state index contributed by atoms with van der Waals surface area (Å²) < 4.78 is 0. The van der Waals surface area contributed by atoms with Gasteiger partial charge >= 0.3 is 0 Å². The van der Waals surface area contributed by atoms with Crippen LogP contribution in [0, 0.1) is 6.92 Å². The third kappa shape index (κ3) is 3.05. The van der Waals surface area contributed by atoms with Gasteiger partial charge in [0.15, 0.2) is 5.13 Å². The van der Waals surface area contributed by atoms with E-state index >= 15 is 0 Å². The van der Waals surface area contributed by atoms with Crippen molar-refractivity contribution in [3.63, 3.8) is 0 Å². The second-order valence-electron chi connectivity index (χ2n) is 5.11.